The maximum atomic E-state index is 6.49. The van der Waals surface area contributed by atoms with Crippen molar-refractivity contribution < 1.29 is 4.42 Å². The minimum atomic E-state index is 0.547. The Kier molecular flexibility index (Phi) is 5.00. The Balaban J connectivity index is 1.37. The third kappa shape index (κ3) is 3.69. The quantitative estimate of drug-likeness (QED) is 0.232. The summed E-state index contributed by atoms with van der Waals surface area (Å²) >= 11 is 1.82. The van der Waals surface area contributed by atoms with Crippen LogP contribution in [0.15, 0.2) is 138 Å². The fraction of sp³-hybridized carbons (Fsp3) is 0. The third-order valence-corrected chi connectivity index (χ3v) is 8.45. The van der Waals surface area contributed by atoms with Crippen LogP contribution in [0, 0.1) is 0 Å². The molecule has 0 radical (unpaired) electrons. The highest BCUT2D eigenvalue weighted by atomic mass is 32.1. The average molecular weight is 519 g/mol. The highest BCUT2D eigenvalue weighted by molar-refractivity contribution is 7.25. The average Bonchev–Trinajstić information content (AvgIpc) is 3.60. The van der Waals surface area contributed by atoms with Gasteiger partial charge in [-0.2, -0.15) is 4.98 Å². The molecule has 0 saturated carbocycles. The van der Waals surface area contributed by atoms with Crippen molar-refractivity contribution in [2.45, 2.75) is 0 Å². The first kappa shape index (κ1) is 22.1. The molecule has 0 fully saturated rings. The molecule has 0 saturated heterocycles. The van der Waals surface area contributed by atoms with E-state index < -0.39 is 0 Å². The van der Waals surface area contributed by atoms with Crippen LogP contribution in [0.25, 0.3) is 53.2 Å². The fourth-order valence-corrected chi connectivity index (χ4v) is 6.51. The maximum Gasteiger partial charge on any atom is 0.307 e. The second-order valence-corrected chi connectivity index (χ2v) is 10.7. The van der Waals surface area contributed by atoms with Gasteiger partial charge in [0.15, 0.2) is 5.58 Å². The van der Waals surface area contributed by atoms with Crippen LogP contribution >= 0.6 is 11.3 Å². The Morgan fingerprint density at radius 3 is 2.21 bits per heavy atom. The number of hydrogen-bond acceptors (Lipinski definition) is 4. The van der Waals surface area contributed by atoms with Crippen molar-refractivity contribution in [1.29, 1.82) is 0 Å². The van der Waals surface area contributed by atoms with Crippen LogP contribution in [0.5, 0.6) is 0 Å². The summed E-state index contributed by atoms with van der Waals surface area (Å²) in [5, 5.41) is 4.73. The lowest BCUT2D eigenvalue weighted by molar-refractivity contribution is 0.608. The van der Waals surface area contributed by atoms with Crippen molar-refractivity contribution in [1.82, 2.24) is 4.98 Å². The minimum Gasteiger partial charge on any atom is -0.423 e. The molecule has 184 valence electrons. The molecule has 0 aliphatic carbocycles. The number of rotatable bonds is 4. The van der Waals surface area contributed by atoms with E-state index in [0.29, 0.717) is 6.01 Å². The smallest absolute Gasteiger partial charge is 0.307 e. The summed E-state index contributed by atoms with van der Waals surface area (Å²) in [6.07, 6.45) is 0. The second kappa shape index (κ2) is 8.83. The monoisotopic (exact) mass is 518 g/mol. The van der Waals surface area contributed by atoms with Gasteiger partial charge in [0.25, 0.3) is 0 Å². The molecule has 2 heterocycles. The van der Waals surface area contributed by atoms with Gasteiger partial charge in [-0.15, -0.1) is 11.3 Å². The number of aromatic nitrogens is 1. The first-order valence-corrected chi connectivity index (χ1v) is 13.8. The Bertz CT molecular complexity index is 2130. The molecule has 0 aliphatic rings. The Morgan fingerprint density at radius 2 is 1.28 bits per heavy atom. The second-order valence-electron chi connectivity index (χ2n) is 9.66. The molecule has 0 spiro atoms. The Morgan fingerprint density at radius 1 is 0.538 bits per heavy atom. The molecule has 3 nitrogen and oxygen atoms in total. The number of thiophene rings is 1. The van der Waals surface area contributed by atoms with Crippen LogP contribution < -0.4 is 4.90 Å². The van der Waals surface area contributed by atoms with Crippen molar-refractivity contribution in [2.75, 3.05) is 4.90 Å². The molecule has 8 aromatic rings. The van der Waals surface area contributed by atoms with Gasteiger partial charge in [0.05, 0.1) is 11.4 Å². The van der Waals surface area contributed by atoms with Gasteiger partial charge in [0.1, 0.15) is 5.52 Å². The minimum absolute atomic E-state index is 0.547. The molecule has 6 aromatic carbocycles. The number of hydrogen-bond donors (Lipinski definition) is 0. The summed E-state index contributed by atoms with van der Waals surface area (Å²) in [6.45, 7) is 0. The van der Waals surface area contributed by atoms with E-state index in [1.54, 1.807) is 0 Å². The van der Waals surface area contributed by atoms with Crippen LogP contribution in [-0.2, 0) is 0 Å². The van der Waals surface area contributed by atoms with E-state index in [9.17, 15) is 0 Å². The van der Waals surface area contributed by atoms with Gasteiger partial charge in [-0.05, 0) is 59.0 Å². The van der Waals surface area contributed by atoms with Gasteiger partial charge >= 0.3 is 6.01 Å². The van der Waals surface area contributed by atoms with E-state index in [2.05, 4.69) is 120 Å². The highest BCUT2D eigenvalue weighted by Gasteiger charge is 2.21. The number of anilines is 3. The lowest BCUT2D eigenvalue weighted by Crippen LogP contribution is -2.10. The molecule has 0 bridgehead atoms. The van der Waals surface area contributed by atoms with Crippen molar-refractivity contribution in [3.05, 3.63) is 133 Å². The van der Waals surface area contributed by atoms with Gasteiger partial charge in [-0.1, -0.05) is 91.0 Å². The molecule has 0 atom stereocenters. The molecule has 2 aromatic heterocycles. The molecule has 0 N–H and O–H groups in total. The Hall–Kier alpha value is -4.93. The van der Waals surface area contributed by atoms with Crippen molar-refractivity contribution in [3.8, 4) is 11.1 Å². The zero-order valence-corrected chi connectivity index (χ0v) is 21.7. The van der Waals surface area contributed by atoms with Crippen LogP contribution in [-0.4, -0.2) is 4.98 Å². The molecule has 0 amide bonds. The van der Waals surface area contributed by atoms with Crippen molar-refractivity contribution in [2.24, 2.45) is 0 Å². The molecule has 4 heteroatoms. The van der Waals surface area contributed by atoms with E-state index in [1.165, 1.54) is 25.7 Å². The van der Waals surface area contributed by atoms with Gasteiger partial charge in [0.2, 0.25) is 0 Å². The predicted octanol–water partition coefficient (Wildman–Crippen LogP) is 10.5. The molecular formula is C35H22N2OS. The number of oxazole rings is 1. The van der Waals surface area contributed by atoms with E-state index >= 15 is 0 Å². The molecule has 0 unspecified atom stereocenters. The summed E-state index contributed by atoms with van der Waals surface area (Å²) in [4.78, 5) is 7.22. The summed E-state index contributed by atoms with van der Waals surface area (Å²) in [5.74, 6) is 0. The summed E-state index contributed by atoms with van der Waals surface area (Å²) in [6, 6.07) is 47.2. The Labute approximate surface area is 229 Å². The normalized spacial score (nSPS) is 11.6. The lowest BCUT2D eigenvalue weighted by Gasteiger charge is -2.22. The molecule has 0 aliphatic heterocycles. The van der Waals surface area contributed by atoms with Crippen LogP contribution in [0.1, 0.15) is 0 Å². The number of benzene rings is 6. The first-order valence-electron chi connectivity index (χ1n) is 13.0. The van der Waals surface area contributed by atoms with E-state index in [0.717, 1.165) is 38.8 Å². The maximum absolute atomic E-state index is 6.49. The highest BCUT2D eigenvalue weighted by Crippen LogP contribution is 2.42. The van der Waals surface area contributed by atoms with Crippen LogP contribution in [0.3, 0.4) is 0 Å². The van der Waals surface area contributed by atoms with Gasteiger partial charge < -0.3 is 4.42 Å². The SMILES string of the molecule is c1ccc(-c2cccc(N(c3ccc4sc5ccccc5c4c3)c3nc4c(ccc5ccccc54)o3)c2)cc1. The number of nitrogens with zero attached hydrogens (tertiary/aromatic N) is 2. The van der Waals surface area contributed by atoms with E-state index in [4.69, 9.17) is 9.40 Å². The topological polar surface area (TPSA) is 29.3 Å². The third-order valence-electron chi connectivity index (χ3n) is 7.29. The first-order chi connectivity index (χ1) is 19.3. The van der Waals surface area contributed by atoms with Crippen molar-refractivity contribution >= 4 is 70.8 Å². The molecular weight excluding hydrogens is 496 g/mol. The largest absolute Gasteiger partial charge is 0.423 e. The zero-order chi connectivity index (χ0) is 25.8. The van der Waals surface area contributed by atoms with Gasteiger partial charge in [-0.25, -0.2) is 0 Å². The predicted molar refractivity (Wildman–Crippen MR) is 165 cm³/mol. The van der Waals surface area contributed by atoms with Crippen LogP contribution in [0.4, 0.5) is 17.4 Å². The number of fused-ring (bicyclic) bond motifs is 6. The van der Waals surface area contributed by atoms with Crippen molar-refractivity contribution in [3.63, 3.8) is 0 Å². The van der Waals surface area contributed by atoms with E-state index in [1.807, 2.05) is 29.5 Å². The lowest BCUT2D eigenvalue weighted by atomic mass is 10.0. The summed E-state index contributed by atoms with van der Waals surface area (Å²) in [5.41, 5.74) is 5.95. The zero-order valence-electron chi connectivity index (χ0n) is 20.9. The van der Waals surface area contributed by atoms with Crippen LogP contribution in [0.2, 0.25) is 0 Å². The fourth-order valence-electron chi connectivity index (χ4n) is 5.42. The molecule has 39 heavy (non-hydrogen) atoms. The standard InChI is InChI=1S/C35H22N2OS/c1-2-9-23(10-3-1)25-12-8-13-26(21-25)37(27-18-20-33-30(22-27)29-15-6-7-16-32(29)39-33)35-36-34-28-14-5-4-11-24(28)17-19-31(34)38-35/h1-22H. The summed E-state index contributed by atoms with van der Waals surface area (Å²) in [7, 11) is 0. The molecule has 8 rings (SSSR count). The van der Waals surface area contributed by atoms with Gasteiger partial charge in [-0.3, -0.25) is 4.90 Å². The van der Waals surface area contributed by atoms with E-state index in [-0.39, 0.29) is 0 Å². The van der Waals surface area contributed by atoms with Gasteiger partial charge in [0, 0.05) is 25.6 Å². The summed E-state index contributed by atoms with van der Waals surface area (Å²) < 4.78 is 9.04.